The maximum absolute atomic E-state index is 6.04. The van der Waals surface area contributed by atoms with E-state index in [1.165, 1.54) is 69.5 Å². The van der Waals surface area contributed by atoms with Gasteiger partial charge in [0.1, 0.15) is 0 Å². The summed E-state index contributed by atoms with van der Waals surface area (Å²) in [5, 5.41) is 3.32. The number of aliphatic imine (C=N–C) groups is 1. The highest BCUT2D eigenvalue weighted by molar-refractivity contribution is 7.99. The van der Waals surface area contributed by atoms with E-state index in [1.54, 1.807) is 0 Å². The first-order chi connectivity index (χ1) is 9.78. The first kappa shape index (κ1) is 14.5. The molecule has 2 saturated carbocycles. The van der Waals surface area contributed by atoms with Crippen LogP contribution >= 0.6 is 11.8 Å². The van der Waals surface area contributed by atoms with Crippen LogP contribution in [-0.2, 0) is 0 Å². The van der Waals surface area contributed by atoms with Crippen molar-refractivity contribution in [3.8, 4) is 0 Å². The standard InChI is InChI=1S/C15H28N4S/c16-14(18-13-4-5-13)17-12-15(6-2-1-3-7-15)19-8-10-20-11-9-19/h13H,1-12H2,(H3,16,17,18). The molecule has 3 aliphatic rings. The van der Waals surface area contributed by atoms with Gasteiger partial charge >= 0.3 is 0 Å². The molecule has 0 bridgehead atoms. The molecule has 0 aromatic heterocycles. The summed E-state index contributed by atoms with van der Waals surface area (Å²) >= 11 is 2.09. The van der Waals surface area contributed by atoms with E-state index >= 15 is 0 Å². The lowest BCUT2D eigenvalue weighted by Crippen LogP contribution is -2.55. The molecule has 0 amide bonds. The second-order valence-corrected chi connectivity index (χ2v) is 7.73. The van der Waals surface area contributed by atoms with Gasteiger partial charge in [-0.3, -0.25) is 9.89 Å². The summed E-state index contributed by atoms with van der Waals surface area (Å²) in [6.07, 6.45) is 9.22. The summed E-state index contributed by atoms with van der Waals surface area (Å²) < 4.78 is 0. The van der Waals surface area contributed by atoms with E-state index in [2.05, 4.69) is 22.0 Å². The molecule has 3 N–H and O–H groups in total. The van der Waals surface area contributed by atoms with E-state index in [1.807, 2.05) is 0 Å². The first-order valence-corrected chi connectivity index (χ1v) is 9.33. The smallest absolute Gasteiger partial charge is 0.188 e. The maximum atomic E-state index is 6.04. The maximum Gasteiger partial charge on any atom is 0.188 e. The molecule has 114 valence electrons. The molecular weight excluding hydrogens is 268 g/mol. The van der Waals surface area contributed by atoms with Crippen LogP contribution in [0, 0.1) is 0 Å². The van der Waals surface area contributed by atoms with Crippen LogP contribution in [0.2, 0.25) is 0 Å². The Morgan fingerprint density at radius 2 is 1.90 bits per heavy atom. The van der Waals surface area contributed by atoms with Crippen molar-refractivity contribution in [3.05, 3.63) is 0 Å². The van der Waals surface area contributed by atoms with Gasteiger partial charge in [-0.15, -0.1) is 0 Å². The summed E-state index contributed by atoms with van der Waals surface area (Å²) in [5.74, 6) is 3.23. The Balaban J connectivity index is 1.64. The van der Waals surface area contributed by atoms with Gasteiger partial charge in [-0.05, 0) is 25.7 Å². The zero-order chi connectivity index (χ0) is 13.8. The monoisotopic (exact) mass is 296 g/mol. The number of nitrogens with one attached hydrogen (secondary N) is 1. The lowest BCUT2D eigenvalue weighted by atomic mass is 9.80. The van der Waals surface area contributed by atoms with Crippen LogP contribution in [0.5, 0.6) is 0 Å². The largest absolute Gasteiger partial charge is 0.370 e. The predicted octanol–water partition coefficient (Wildman–Crippen LogP) is 1.80. The molecule has 2 aliphatic carbocycles. The van der Waals surface area contributed by atoms with Gasteiger partial charge in [0.25, 0.3) is 0 Å². The molecule has 1 aliphatic heterocycles. The van der Waals surface area contributed by atoms with Crippen LogP contribution in [0.3, 0.4) is 0 Å². The van der Waals surface area contributed by atoms with Crippen molar-refractivity contribution >= 4 is 17.7 Å². The molecule has 0 aromatic rings. The highest BCUT2D eigenvalue weighted by Crippen LogP contribution is 2.35. The van der Waals surface area contributed by atoms with E-state index in [4.69, 9.17) is 10.7 Å². The minimum Gasteiger partial charge on any atom is -0.370 e. The van der Waals surface area contributed by atoms with Gasteiger partial charge < -0.3 is 11.1 Å². The SMILES string of the molecule is NC(=NCC1(N2CCSCC2)CCCCC1)NC1CC1. The molecule has 0 spiro atoms. The minimum atomic E-state index is 0.301. The van der Waals surface area contributed by atoms with Crippen LogP contribution in [0.25, 0.3) is 0 Å². The molecule has 20 heavy (non-hydrogen) atoms. The van der Waals surface area contributed by atoms with E-state index in [0.717, 1.165) is 6.54 Å². The molecule has 4 nitrogen and oxygen atoms in total. The Hall–Kier alpha value is -0.420. The van der Waals surface area contributed by atoms with E-state index in [-0.39, 0.29) is 0 Å². The van der Waals surface area contributed by atoms with Crippen molar-refractivity contribution in [1.29, 1.82) is 0 Å². The van der Waals surface area contributed by atoms with Crippen molar-refractivity contribution < 1.29 is 0 Å². The van der Waals surface area contributed by atoms with Crippen molar-refractivity contribution in [1.82, 2.24) is 10.2 Å². The van der Waals surface area contributed by atoms with Gasteiger partial charge in [-0.25, -0.2) is 0 Å². The third-order valence-electron chi connectivity index (χ3n) is 4.94. The van der Waals surface area contributed by atoms with E-state index < -0.39 is 0 Å². The number of hydrogen-bond acceptors (Lipinski definition) is 3. The van der Waals surface area contributed by atoms with Crippen molar-refractivity contribution in [2.45, 2.75) is 56.5 Å². The third-order valence-corrected chi connectivity index (χ3v) is 5.88. The van der Waals surface area contributed by atoms with Crippen LogP contribution < -0.4 is 11.1 Å². The molecule has 0 aromatic carbocycles. The van der Waals surface area contributed by atoms with Gasteiger partial charge in [-0.2, -0.15) is 11.8 Å². The van der Waals surface area contributed by atoms with Gasteiger partial charge in [0.15, 0.2) is 5.96 Å². The first-order valence-electron chi connectivity index (χ1n) is 8.18. The molecule has 0 atom stereocenters. The quantitative estimate of drug-likeness (QED) is 0.613. The van der Waals surface area contributed by atoms with Crippen LogP contribution in [0.1, 0.15) is 44.9 Å². The Morgan fingerprint density at radius 1 is 1.20 bits per heavy atom. The molecule has 0 unspecified atom stereocenters. The fraction of sp³-hybridized carbons (Fsp3) is 0.933. The average molecular weight is 296 g/mol. The highest BCUT2D eigenvalue weighted by atomic mass is 32.2. The second-order valence-electron chi connectivity index (χ2n) is 6.50. The van der Waals surface area contributed by atoms with E-state index in [9.17, 15) is 0 Å². The second kappa shape index (κ2) is 6.56. The molecule has 1 heterocycles. The topological polar surface area (TPSA) is 53.6 Å². The Kier molecular flexibility index (Phi) is 4.76. The van der Waals surface area contributed by atoms with Crippen molar-refractivity contribution in [2.24, 2.45) is 10.7 Å². The summed E-state index contributed by atoms with van der Waals surface area (Å²) in [5.41, 5.74) is 6.34. The summed E-state index contributed by atoms with van der Waals surface area (Å²) in [7, 11) is 0. The fourth-order valence-electron chi connectivity index (χ4n) is 3.54. The Labute approximate surface area is 126 Å². The van der Waals surface area contributed by atoms with Gasteiger partial charge in [0.2, 0.25) is 0 Å². The predicted molar refractivity (Wildman–Crippen MR) is 87.4 cm³/mol. The zero-order valence-electron chi connectivity index (χ0n) is 12.4. The Morgan fingerprint density at radius 3 is 2.55 bits per heavy atom. The summed E-state index contributed by atoms with van der Waals surface area (Å²) in [6.45, 7) is 3.36. The molecule has 3 fully saturated rings. The normalized spacial score (nSPS) is 28.3. The number of nitrogens with zero attached hydrogens (tertiary/aromatic N) is 2. The lowest BCUT2D eigenvalue weighted by molar-refractivity contribution is 0.0672. The zero-order valence-corrected chi connectivity index (χ0v) is 13.3. The summed E-state index contributed by atoms with van der Waals surface area (Å²) in [6, 6.07) is 0.604. The average Bonchev–Trinajstić information content (AvgIpc) is 3.31. The molecule has 1 saturated heterocycles. The molecule has 5 heteroatoms. The molecule has 3 rings (SSSR count). The van der Waals surface area contributed by atoms with Crippen LogP contribution in [0.15, 0.2) is 4.99 Å². The number of rotatable bonds is 4. The van der Waals surface area contributed by atoms with E-state index in [0.29, 0.717) is 17.5 Å². The summed E-state index contributed by atoms with van der Waals surface area (Å²) in [4.78, 5) is 7.43. The minimum absolute atomic E-state index is 0.301. The Bertz CT molecular complexity index is 342. The van der Waals surface area contributed by atoms with Gasteiger partial charge in [0, 0.05) is 36.2 Å². The third kappa shape index (κ3) is 3.61. The number of hydrogen-bond donors (Lipinski definition) is 2. The fourth-order valence-corrected chi connectivity index (χ4v) is 4.44. The van der Waals surface area contributed by atoms with Crippen LogP contribution in [-0.4, -0.2) is 53.6 Å². The molecular formula is C15H28N4S. The van der Waals surface area contributed by atoms with Crippen molar-refractivity contribution in [3.63, 3.8) is 0 Å². The van der Waals surface area contributed by atoms with Gasteiger partial charge in [0.05, 0.1) is 6.54 Å². The van der Waals surface area contributed by atoms with Gasteiger partial charge in [-0.1, -0.05) is 19.3 Å². The van der Waals surface area contributed by atoms with Crippen molar-refractivity contribution in [2.75, 3.05) is 31.1 Å². The molecule has 0 radical (unpaired) electrons. The highest BCUT2D eigenvalue weighted by Gasteiger charge is 2.38. The lowest BCUT2D eigenvalue weighted by Gasteiger charge is -2.47. The number of nitrogens with two attached hydrogens (primary N) is 1. The number of guanidine groups is 1. The number of thioether (sulfide) groups is 1. The van der Waals surface area contributed by atoms with Crippen LogP contribution in [0.4, 0.5) is 0 Å².